The molecule has 0 spiro atoms. The molecule has 36 heavy (non-hydrogen) atoms. The van der Waals surface area contributed by atoms with Crippen LogP contribution < -0.4 is 16.1 Å². The Morgan fingerprint density at radius 2 is 1.78 bits per heavy atom. The first-order valence-electron chi connectivity index (χ1n) is 13.3. The van der Waals surface area contributed by atoms with Crippen molar-refractivity contribution in [3.05, 3.63) is 39.9 Å². The fraction of sp³-hybridized carbons (Fsp3) is 0.593. The van der Waals surface area contributed by atoms with Crippen LogP contribution in [0.4, 0.5) is 10.1 Å². The number of rotatable bonds is 9. The van der Waals surface area contributed by atoms with Gasteiger partial charge in [-0.05, 0) is 57.8 Å². The minimum Gasteiger partial charge on any atom is -0.465 e. The molecule has 1 aliphatic carbocycles. The number of hydrogen-bond acceptors (Lipinski definition) is 6. The SMILES string of the molecule is CCOC(=O)CNC(=O)c1cn(CCN2CCCCC2)c2cc(NC3CCCCC3)c(F)cc2c1=O. The summed E-state index contributed by atoms with van der Waals surface area (Å²) in [4.78, 5) is 40.2. The molecule has 1 aromatic carbocycles. The Kier molecular flexibility index (Phi) is 8.96. The number of nitrogens with one attached hydrogen (secondary N) is 2. The second-order valence-electron chi connectivity index (χ2n) is 9.78. The summed E-state index contributed by atoms with van der Waals surface area (Å²) in [5, 5.41) is 5.96. The maximum Gasteiger partial charge on any atom is 0.325 e. The highest BCUT2D eigenvalue weighted by atomic mass is 19.1. The Hall–Kier alpha value is -2.94. The topological polar surface area (TPSA) is 92.7 Å². The number of esters is 1. The van der Waals surface area contributed by atoms with E-state index in [2.05, 4.69) is 15.5 Å². The molecule has 2 N–H and O–H groups in total. The predicted molar refractivity (Wildman–Crippen MR) is 138 cm³/mol. The van der Waals surface area contributed by atoms with Gasteiger partial charge in [-0.1, -0.05) is 25.7 Å². The van der Waals surface area contributed by atoms with Crippen molar-refractivity contribution in [3.8, 4) is 0 Å². The third kappa shape index (κ3) is 6.43. The summed E-state index contributed by atoms with van der Waals surface area (Å²) >= 11 is 0. The Bertz CT molecular complexity index is 1140. The summed E-state index contributed by atoms with van der Waals surface area (Å²) in [6.45, 7) is 4.91. The van der Waals surface area contributed by atoms with Crippen molar-refractivity contribution in [2.24, 2.45) is 0 Å². The maximum absolute atomic E-state index is 15.2. The van der Waals surface area contributed by atoms with Crippen LogP contribution in [0.5, 0.6) is 0 Å². The predicted octanol–water partition coefficient (Wildman–Crippen LogP) is 3.66. The van der Waals surface area contributed by atoms with Gasteiger partial charge in [0.1, 0.15) is 17.9 Å². The molecule has 4 rings (SSSR count). The van der Waals surface area contributed by atoms with Gasteiger partial charge >= 0.3 is 5.97 Å². The van der Waals surface area contributed by atoms with Gasteiger partial charge in [0.15, 0.2) is 0 Å². The van der Waals surface area contributed by atoms with E-state index in [4.69, 9.17) is 4.74 Å². The van der Waals surface area contributed by atoms with Gasteiger partial charge < -0.3 is 24.8 Å². The largest absolute Gasteiger partial charge is 0.465 e. The lowest BCUT2D eigenvalue weighted by Gasteiger charge is -2.27. The molecule has 1 aliphatic heterocycles. The normalized spacial score (nSPS) is 17.2. The van der Waals surface area contributed by atoms with Gasteiger partial charge in [-0.2, -0.15) is 0 Å². The number of fused-ring (bicyclic) bond motifs is 1. The molecule has 8 nitrogen and oxygen atoms in total. The van der Waals surface area contributed by atoms with Crippen molar-refractivity contribution >= 4 is 28.5 Å². The Morgan fingerprint density at radius 3 is 2.50 bits per heavy atom. The first-order chi connectivity index (χ1) is 17.5. The van der Waals surface area contributed by atoms with E-state index in [1.165, 1.54) is 25.1 Å². The number of piperidine rings is 1. The molecule has 196 valence electrons. The molecule has 2 heterocycles. The zero-order chi connectivity index (χ0) is 25.5. The summed E-state index contributed by atoms with van der Waals surface area (Å²) in [5.41, 5.74) is 0.320. The van der Waals surface area contributed by atoms with Gasteiger partial charge in [0.25, 0.3) is 5.91 Å². The number of likely N-dealkylation sites (tertiary alicyclic amines) is 1. The molecule has 1 amide bonds. The summed E-state index contributed by atoms with van der Waals surface area (Å²) in [6.07, 6.45) is 10.5. The van der Waals surface area contributed by atoms with E-state index < -0.39 is 23.1 Å². The van der Waals surface area contributed by atoms with Gasteiger partial charge in [-0.3, -0.25) is 14.4 Å². The molecule has 2 fully saturated rings. The monoisotopic (exact) mass is 500 g/mol. The summed E-state index contributed by atoms with van der Waals surface area (Å²) in [6, 6.07) is 3.16. The molecule has 0 radical (unpaired) electrons. The van der Waals surface area contributed by atoms with Crippen LogP contribution in [-0.2, 0) is 16.1 Å². The highest BCUT2D eigenvalue weighted by Gasteiger charge is 2.21. The zero-order valence-electron chi connectivity index (χ0n) is 21.1. The minimum absolute atomic E-state index is 0.113. The smallest absolute Gasteiger partial charge is 0.325 e. The number of carbonyl (C=O) groups excluding carboxylic acids is 2. The van der Waals surface area contributed by atoms with Crippen LogP contribution in [-0.4, -0.2) is 60.2 Å². The third-order valence-corrected chi connectivity index (χ3v) is 7.18. The number of hydrogen-bond donors (Lipinski definition) is 2. The maximum atomic E-state index is 15.2. The van der Waals surface area contributed by atoms with E-state index in [0.717, 1.165) is 58.2 Å². The third-order valence-electron chi connectivity index (χ3n) is 7.18. The molecule has 1 saturated heterocycles. The number of ether oxygens (including phenoxy) is 1. The van der Waals surface area contributed by atoms with E-state index in [9.17, 15) is 14.4 Å². The van der Waals surface area contributed by atoms with E-state index >= 15 is 4.39 Å². The fourth-order valence-corrected chi connectivity index (χ4v) is 5.23. The summed E-state index contributed by atoms with van der Waals surface area (Å²) in [7, 11) is 0. The fourth-order valence-electron chi connectivity index (χ4n) is 5.23. The van der Waals surface area contributed by atoms with E-state index in [1.54, 1.807) is 13.0 Å². The van der Waals surface area contributed by atoms with Crippen LogP contribution in [0, 0.1) is 5.82 Å². The Labute approximate surface area is 211 Å². The van der Waals surface area contributed by atoms with Crippen LogP contribution in [0.15, 0.2) is 23.1 Å². The van der Waals surface area contributed by atoms with Crippen molar-refractivity contribution in [1.82, 2.24) is 14.8 Å². The average Bonchev–Trinajstić information content (AvgIpc) is 2.89. The Morgan fingerprint density at radius 1 is 1.06 bits per heavy atom. The highest BCUT2D eigenvalue weighted by Crippen LogP contribution is 2.26. The molecular weight excluding hydrogens is 463 g/mol. The number of benzene rings is 1. The van der Waals surface area contributed by atoms with Crippen LogP contribution in [0.2, 0.25) is 0 Å². The van der Waals surface area contributed by atoms with Crippen molar-refractivity contribution in [1.29, 1.82) is 0 Å². The number of halogens is 1. The first-order valence-corrected chi connectivity index (χ1v) is 13.3. The number of nitrogens with zero attached hydrogens (tertiary/aromatic N) is 2. The van der Waals surface area contributed by atoms with Crippen LogP contribution in [0.3, 0.4) is 0 Å². The number of amides is 1. The summed E-state index contributed by atoms with van der Waals surface area (Å²) in [5.74, 6) is -1.76. The van der Waals surface area contributed by atoms with Crippen LogP contribution in [0.25, 0.3) is 10.9 Å². The van der Waals surface area contributed by atoms with Gasteiger partial charge in [0.05, 0.1) is 17.8 Å². The van der Waals surface area contributed by atoms with Crippen molar-refractivity contribution in [2.45, 2.75) is 70.9 Å². The van der Waals surface area contributed by atoms with Crippen LogP contribution in [0.1, 0.15) is 68.6 Å². The lowest BCUT2D eigenvalue weighted by Crippen LogP contribution is -2.35. The number of carbonyl (C=O) groups is 2. The quantitative estimate of drug-likeness (QED) is 0.511. The molecule has 1 saturated carbocycles. The Balaban J connectivity index is 1.66. The van der Waals surface area contributed by atoms with Gasteiger partial charge in [-0.25, -0.2) is 4.39 Å². The van der Waals surface area contributed by atoms with Crippen molar-refractivity contribution < 1.29 is 18.7 Å². The van der Waals surface area contributed by atoms with Crippen molar-refractivity contribution in [3.63, 3.8) is 0 Å². The van der Waals surface area contributed by atoms with Crippen molar-refractivity contribution in [2.75, 3.05) is 38.1 Å². The first kappa shape index (κ1) is 26.1. The second-order valence-corrected chi connectivity index (χ2v) is 9.78. The number of aromatic nitrogens is 1. The molecule has 9 heteroatoms. The molecule has 2 aliphatic rings. The lowest BCUT2D eigenvalue weighted by atomic mass is 9.95. The highest BCUT2D eigenvalue weighted by molar-refractivity contribution is 5.99. The number of anilines is 1. The van der Waals surface area contributed by atoms with Crippen LogP contribution >= 0.6 is 0 Å². The van der Waals surface area contributed by atoms with E-state index in [1.807, 2.05) is 4.57 Å². The molecule has 0 bridgehead atoms. The average molecular weight is 501 g/mol. The van der Waals surface area contributed by atoms with E-state index in [0.29, 0.717) is 17.7 Å². The van der Waals surface area contributed by atoms with Gasteiger partial charge in [0, 0.05) is 30.7 Å². The number of pyridine rings is 1. The van der Waals surface area contributed by atoms with Gasteiger partial charge in [-0.15, -0.1) is 0 Å². The lowest BCUT2D eigenvalue weighted by molar-refractivity contribution is -0.141. The standard InChI is InChI=1S/C27H37FN4O4/c1-2-36-25(33)17-29-27(35)21-18-32(14-13-31-11-7-4-8-12-31)24-16-23(22(28)15-20(24)26(21)34)30-19-9-5-3-6-10-19/h15-16,18-19,30H,2-14,17H2,1H3,(H,29,35). The molecule has 0 atom stereocenters. The van der Waals surface area contributed by atoms with Gasteiger partial charge in [0.2, 0.25) is 5.43 Å². The summed E-state index contributed by atoms with van der Waals surface area (Å²) < 4.78 is 21.9. The van der Waals surface area contributed by atoms with E-state index in [-0.39, 0.29) is 30.1 Å². The molecule has 1 aromatic heterocycles. The molecular formula is C27H37FN4O4. The molecule has 2 aromatic rings. The minimum atomic E-state index is -0.675. The second kappa shape index (κ2) is 12.3. The zero-order valence-corrected chi connectivity index (χ0v) is 21.1. The molecule has 0 unspecified atom stereocenters.